The molecule has 17 heavy (non-hydrogen) atoms. The van der Waals surface area contributed by atoms with Gasteiger partial charge in [-0.15, -0.1) is 0 Å². The van der Waals surface area contributed by atoms with Gasteiger partial charge in [0.05, 0.1) is 5.69 Å². The van der Waals surface area contributed by atoms with Gasteiger partial charge in [0, 0.05) is 19.1 Å². The molecule has 2 unspecified atom stereocenters. The molecule has 0 spiro atoms. The molecule has 1 fully saturated rings. The molecule has 2 atom stereocenters. The van der Waals surface area contributed by atoms with Crippen LogP contribution in [0.15, 0.2) is 18.2 Å². The molecule has 2 rings (SSSR count). The quantitative estimate of drug-likeness (QED) is 0.855. The largest absolute Gasteiger partial charge is 0.366 e. The highest BCUT2D eigenvalue weighted by atomic mass is 19.1. The first-order valence-corrected chi connectivity index (χ1v) is 6.38. The Bertz CT molecular complexity index is 392. The lowest BCUT2D eigenvalue weighted by atomic mass is 9.91. The summed E-state index contributed by atoms with van der Waals surface area (Å²) in [7, 11) is 0. The molecule has 1 aliphatic rings. The second kappa shape index (κ2) is 5.05. The van der Waals surface area contributed by atoms with Gasteiger partial charge in [0.2, 0.25) is 0 Å². The molecule has 0 amide bonds. The molecule has 0 aromatic heterocycles. The monoisotopic (exact) mass is 236 g/mol. The molecule has 94 valence electrons. The zero-order valence-electron chi connectivity index (χ0n) is 10.6. The van der Waals surface area contributed by atoms with Crippen LogP contribution in [-0.4, -0.2) is 12.6 Å². The van der Waals surface area contributed by atoms with Gasteiger partial charge < -0.3 is 10.6 Å². The van der Waals surface area contributed by atoms with E-state index in [1.54, 1.807) is 6.07 Å². The number of anilines is 1. The standard InChI is InChI=1S/C14H21FN2/c1-10-4-3-7-17(11(10)2)14-6-5-12(9-16)8-13(14)15/h5-6,8,10-11H,3-4,7,9,16H2,1-2H3. The van der Waals surface area contributed by atoms with Crippen LogP contribution in [0.5, 0.6) is 0 Å². The van der Waals surface area contributed by atoms with Crippen molar-refractivity contribution in [2.24, 2.45) is 11.7 Å². The Morgan fingerprint density at radius 1 is 1.41 bits per heavy atom. The van der Waals surface area contributed by atoms with Crippen LogP contribution >= 0.6 is 0 Å². The zero-order chi connectivity index (χ0) is 12.4. The van der Waals surface area contributed by atoms with Crippen LogP contribution in [0.4, 0.5) is 10.1 Å². The predicted octanol–water partition coefficient (Wildman–Crippen LogP) is 2.91. The summed E-state index contributed by atoms with van der Waals surface area (Å²) in [6.07, 6.45) is 2.38. The zero-order valence-corrected chi connectivity index (χ0v) is 10.6. The molecule has 3 heteroatoms. The van der Waals surface area contributed by atoms with E-state index in [1.807, 2.05) is 12.1 Å². The maximum absolute atomic E-state index is 14.0. The lowest BCUT2D eigenvalue weighted by molar-refractivity contribution is 0.360. The van der Waals surface area contributed by atoms with E-state index in [0.717, 1.165) is 24.2 Å². The van der Waals surface area contributed by atoms with Gasteiger partial charge in [-0.25, -0.2) is 4.39 Å². The van der Waals surface area contributed by atoms with Crippen molar-refractivity contribution in [3.05, 3.63) is 29.6 Å². The summed E-state index contributed by atoms with van der Waals surface area (Å²) in [4.78, 5) is 2.18. The first-order chi connectivity index (χ1) is 8.13. The van der Waals surface area contributed by atoms with Crippen molar-refractivity contribution in [3.63, 3.8) is 0 Å². The second-order valence-corrected chi connectivity index (χ2v) is 5.04. The van der Waals surface area contributed by atoms with Gasteiger partial charge in [-0.05, 0) is 43.4 Å². The van der Waals surface area contributed by atoms with Crippen molar-refractivity contribution in [2.45, 2.75) is 39.3 Å². The highest BCUT2D eigenvalue weighted by molar-refractivity contribution is 5.50. The van der Waals surface area contributed by atoms with E-state index < -0.39 is 0 Å². The third kappa shape index (κ3) is 2.44. The van der Waals surface area contributed by atoms with Crippen molar-refractivity contribution >= 4 is 5.69 Å². The molecule has 1 heterocycles. The van der Waals surface area contributed by atoms with Crippen molar-refractivity contribution < 1.29 is 4.39 Å². The molecule has 2 nitrogen and oxygen atoms in total. The van der Waals surface area contributed by atoms with E-state index >= 15 is 0 Å². The SMILES string of the molecule is CC1CCCN(c2ccc(CN)cc2F)C1C. The molecule has 1 aromatic rings. The van der Waals surface area contributed by atoms with Crippen LogP contribution < -0.4 is 10.6 Å². The first kappa shape index (κ1) is 12.4. The van der Waals surface area contributed by atoms with E-state index in [0.29, 0.717) is 18.5 Å². The molecular weight excluding hydrogens is 215 g/mol. The maximum atomic E-state index is 14.0. The molecule has 0 saturated carbocycles. The Morgan fingerprint density at radius 2 is 2.18 bits per heavy atom. The average molecular weight is 236 g/mol. The van der Waals surface area contributed by atoms with Crippen molar-refractivity contribution in [1.29, 1.82) is 0 Å². The summed E-state index contributed by atoms with van der Waals surface area (Å²) >= 11 is 0. The number of piperidine rings is 1. The van der Waals surface area contributed by atoms with E-state index in [9.17, 15) is 4.39 Å². The van der Waals surface area contributed by atoms with Crippen LogP contribution in [0.2, 0.25) is 0 Å². The fraction of sp³-hybridized carbons (Fsp3) is 0.571. The third-order valence-electron chi connectivity index (χ3n) is 3.93. The number of hydrogen-bond donors (Lipinski definition) is 1. The summed E-state index contributed by atoms with van der Waals surface area (Å²) in [5.74, 6) is 0.478. The maximum Gasteiger partial charge on any atom is 0.146 e. The Labute approximate surface area is 103 Å². The smallest absolute Gasteiger partial charge is 0.146 e. The Hall–Kier alpha value is -1.09. The predicted molar refractivity (Wildman–Crippen MR) is 69.5 cm³/mol. The van der Waals surface area contributed by atoms with E-state index in [1.165, 1.54) is 6.42 Å². The highest BCUT2D eigenvalue weighted by Crippen LogP contribution is 2.30. The van der Waals surface area contributed by atoms with E-state index in [-0.39, 0.29) is 5.82 Å². The molecule has 0 aliphatic carbocycles. The van der Waals surface area contributed by atoms with Crippen LogP contribution in [0.1, 0.15) is 32.3 Å². The molecule has 2 N–H and O–H groups in total. The summed E-state index contributed by atoms with van der Waals surface area (Å²) in [5, 5.41) is 0. The van der Waals surface area contributed by atoms with Gasteiger partial charge in [0.25, 0.3) is 0 Å². The molecular formula is C14H21FN2. The Balaban J connectivity index is 2.27. The lowest BCUT2D eigenvalue weighted by Gasteiger charge is -2.39. The van der Waals surface area contributed by atoms with Crippen LogP contribution in [-0.2, 0) is 6.54 Å². The normalized spacial score (nSPS) is 25.1. The second-order valence-electron chi connectivity index (χ2n) is 5.04. The van der Waals surface area contributed by atoms with E-state index in [4.69, 9.17) is 5.73 Å². The minimum absolute atomic E-state index is 0.145. The minimum atomic E-state index is -0.145. The minimum Gasteiger partial charge on any atom is -0.366 e. The van der Waals surface area contributed by atoms with Crippen molar-refractivity contribution in [3.8, 4) is 0 Å². The topological polar surface area (TPSA) is 29.3 Å². The van der Waals surface area contributed by atoms with Crippen molar-refractivity contribution in [1.82, 2.24) is 0 Å². The third-order valence-corrected chi connectivity index (χ3v) is 3.93. The number of hydrogen-bond acceptors (Lipinski definition) is 2. The molecule has 0 radical (unpaired) electrons. The van der Waals surface area contributed by atoms with Gasteiger partial charge in [-0.2, -0.15) is 0 Å². The van der Waals surface area contributed by atoms with Crippen LogP contribution in [0.25, 0.3) is 0 Å². The van der Waals surface area contributed by atoms with Gasteiger partial charge >= 0.3 is 0 Å². The molecule has 1 aromatic carbocycles. The number of rotatable bonds is 2. The number of benzene rings is 1. The van der Waals surface area contributed by atoms with Crippen LogP contribution in [0, 0.1) is 11.7 Å². The van der Waals surface area contributed by atoms with Crippen molar-refractivity contribution in [2.75, 3.05) is 11.4 Å². The van der Waals surface area contributed by atoms with Gasteiger partial charge in [0.1, 0.15) is 5.82 Å². The fourth-order valence-electron chi connectivity index (χ4n) is 2.59. The summed E-state index contributed by atoms with van der Waals surface area (Å²) < 4.78 is 14.0. The molecule has 0 bridgehead atoms. The Morgan fingerprint density at radius 3 is 2.82 bits per heavy atom. The molecule has 1 saturated heterocycles. The highest BCUT2D eigenvalue weighted by Gasteiger charge is 2.26. The lowest BCUT2D eigenvalue weighted by Crippen LogP contribution is -2.42. The number of halogens is 1. The Kier molecular flexibility index (Phi) is 3.67. The fourth-order valence-corrected chi connectivity index (χ4v) is 2.59. The van der Waals surface area contributed by atoms with Gasteiger partial charge in [0.15, 0.2) is 0 Å². The first-order valence-electron chi connectivity index (χ1n) is 6.38. The summed E-state index contributed by atoms with van der Waals surface area (Å²) in [6, 6.07) is 5.75. The number of nitrogens with zero attached hydrogens (tertiary/aromatic N) is 1. The molecule has 1 aliphatic heterocycles. The van der Waals surface area contributed by atoms with Crippen LogP contribution in [0.3, 0.4) is 0 Å². The van der Waals surface area contributed by atoms with Gasteiger partial charge in [-0.1, -0.05) is 13.0 Å². The average Bonchev–Trinajstić information content (AvgIpc) is 2.33. The van der Waals surface area contributed by atoms with Gasteiger partial charge in [-0.3, -0.25) is 0 Å². The number of nitrogens with two attached hydrogens (primary N) is 1. The summed E-state index contributed by atoms with van der Waals surface area (Å²) in [6.45, 7) is 5.76. The van der Waals surface area contributed by atoms with E-state index in [2.05, 4.69) is 18.7 Å². The summed E-state index contributed by atoms with van der Waals surface area (Å²) in [5.41, 5.74) is 7.09.